The van der Waals surface area contributed by atoms with Crippen molar-refractivity contribution in [1.29, 1.82) is 0 Å². The van der Waals surface area contributed by atoms with E-state index in [2.05, 4.69) is 20.1 Å². The molecular weight excluding hydrogens is 619 g/mol. The van der Waals surface area contributed by atoms with Crippen LogP contribution in [0, 0.1) is 17.5 Å². The van der Waals surface area contributed by atoms with Gasteiger partial charge in [-0.1, -0.05) is 24.1 Å². The number of morpholine rings is 1. The highest BCUT2D eigenvalue weighted by Crippen LogP contribution is 2.44. The number of fused-ring (bicyclic) bond motifs is 6. The Balaban J connectivity index is 1.18. The molecule has 4 aliphatic heterocycles. The first-order chi connectivity index (χ1) is 22.3. The fraction of sp³-hybridized carbons (Fsp3) is 0.471. The number of nitrogens with zero attached hydrogens (tertiary/aromatic N) is 4. The Morgan fingerprint density at radius 3 is 2.50 bits per heavy atom. The lowest BCUT2D eigenvalue weighted by Gasteiger charge is -2.45. The van der Waals surface area contributed by atoms with Gasteiger partial charge in [0.1, 0.15) is 17.1 Å². The molecule has 4 bridgehead atoms. The predicted molar refractivity (Wildman–Crippen MR) is 170 cm³/mol. The third kappa shape index (κ3) is 5.31. The lowest BCUT2D eigenvalue weighted by atomic mass is 9.94. The zero-order chi connectivity index (χ0) is 31.5. The van der Waals surface area contributed by atoms with Gasteiger partial charge in [0.05, 0.1) is 24.8 Å². The molecule has 4 aromatic rings. The normalized spacial score (nSPS) is 24.7. The molecule has 4 unspecified atom stereocenters. The summed E-state index contributed by atoms with van der Waals surface area (Å²) in [7, 11) is 0. The van der Waals surface area contributed by atoms with E-state index in [1.807, 2.05) is 0 Å². The molecule has 8 rings (SSSR count). The fourth-order valence-corrected chi connectivity index (χ4v) is 8.25. The van der Waals surface area contributed by atoms with Gasteiger partial charge in [-0.25, -0.2) is 13.2 Å². The maximum atomic E-state index is 16.8. The fourth-order valence-electron chi connectivity index (χ4n) is 7.95. The summed E-state index contributed by atoms with van der Waals surface area (Å²) in [5.41, 5.74) is -0.300. The van der Waals surface area contributed by atoms with E-state index in [1.54, 1.807) is 6.07 Å². The molecule has 2 N–H and O–H groups in total. The Kier molecular flexibility index (Phi) is 7.83. The first-order valence-corrected chi connectivity index (χ1v) is 16.5. The zero-order valence-electron chi connectivity index (χ0n) is 25.2. The van der Waals surface area contributed by atoms with Gasteiger partial charge in [-0.15, -0.1) is 0 Å². The van der Waals surface area contributed by atoms with Gasteiger partial charge in [-0.05, 0) is 61.8 Å². The summed E-state index contributed by atoms with van der Waals surface area (Å²) in [6, 6.07) is 7.84. The van der Waals surface area contributed by atoms with Crippen molar-refractivity contribution in [2.75, 3.05) is 44.4 Å². The van der Waals surface area contributed by atoms with Gasteiger partial charge in [0.25, 0.3) is 0 Å². The van der Waals surface area contributed by atoms with Crippen LogP contribution in [-0.4, -0.2) is 83.6 Å². The second-order valence-corrected chi connectivity index (χ2v) is 13.4. The smallest absolute Gasteiger partial charge is 0.319 e. The number of benzene rings is 3. The van der Waals surface area contributed by atoms with E-state index < -0.39 is 17.5 Å². The summed E-state index contributed by atoms with van der Waals surface area (Å²) >= 11 is 6.76. The lowest BCUT2D eigenvalue weighted by Crippen LogP contribution is -2.55. The highest BCUT2D eigenvalue weighted by Gasteiger charge is 2.36. The van der Waals surface area contributed by atoms with E-state index in [4.69, 9.17) is 26.1 Å². The second-order valence-electron chi connectivity index (χ2n) is 13.0. The summed E-state index contributed by atoms with van der Waals surface area (Å²) in [5, 5.41) is 14.5. The van der Waals surface area contributed by atoms with Crippen LogP contribution in [0.15, 0.2) is 30.3 Å². The van der Waals surface area contributed by atoms with Crippen molar-refractivity contribution in [3.8, 4) is 22.9 Å². The average molecular weight is 654 g/mol. The number of anilines is 1. The first kappa shape index (κ1) is 30.0. The van der Waals surface area contributed by atoms with Crippen LogP contribution < -0.4 is 15.0 Å². The molecule has 1 aromatic heterocycles. The SMILES string of the molecule is Oc1cc(-c2c(Cl)cc3c(N4CC5CCC(C4)N5)nc(OCCCN4C5CCCC4COC5)nc3c2F)c2c(F)c(F)ccc2c1. The third-order valence-corrected chi connectivity index (χ3v) is 10.3. The monoisotopic (exact) mass is 653 g/mol. The van der Waals surface area contributed by atoms with Gasteiger partial charge in [0.2, 0.25) is 0 Å². The number of phenols is 1. The number of aromatic hydroxyl groups is 1. The molecule has 0 amide bonds. The van der Waals surface area contributed by atoms with Crippen LogP contribution in [-0.2, 0) is 4.74 Å². The summed E-state index contributed by atoms with van der Waals surface area (Å²) in [4.78, 5) is 14.0. The van der Waals surface area contributed by atoms with E-state index >= 15 is 8.78 Å². The second kappa shape index (κ2) is 12.0. The largest absolute Gasteiger partial charge is 0.508 e. The molecule has 4 atom stereocenters. The minimum absolute atomic E-state index is 0.0340. The Morgan fingerprint density at radius 1 is 0.978 bits per heavy atom. The molecule has 242 valence electrons. The summed E-state index contributed by atoms with van der Waals surface area (Å²) in [6.07, 6.45) is 6.33. The third-order valence-electron chi connectivity index (χ3n) is 10.0. The number of halogens is 4. The minimum Gasteiger partial charge on any atom is -0.508 e. The van der Waals surface area contributed by atoms with Gasteiger partial charge < -0.3 is 24.8 Å². The Morgan fingerprint density at radius 2 is 1.74 bits per heavy atom. The molecule has 46 heavy (non-hydrogen) atoms. The number of hydrogen-bond donors (Lipinski definition) is 2. The Hall–Kier alpha value is -3.38. The van der Waals surface area contributed by atoms with Crippen LogP contribution in [0.3, 0.4) is 0 Å². The van der Waals surface area contributed by atoms with Crippen LogP contribution >= 0.6 is 11.6 Å². The van der Waals surface area contributed by atoms with Crippen LogP contribution in [0.1, 0.15) is 38.5 Å². The van der Waals surface area contributed by atoms with Crippen molar-refractivity contribution in [3.05, 3.63) is 52.8 Å². The Labute approximate surface area is 269 Å². The molecule has 5 heterocycles. The quantitative estimate of drug-likeness (QED) is 0.229. The average Bonchev–Trinajstić information content (AvgIpc) is 3.37. The maximum absolute atomic E-state index is 16.8. The predicted octanol–water partition coefficient (Wildman–Crippen LogP) is 6.19. The number of phenolic OH excluding ortho intramolecular Hbond substituents is 1. The molecule has 3 aromatic carbocycles. The summed E-state index contributed by atoms with van der Waals surface area (Å²) < 4.78 is 58.3. The summed E-state index contributed by atoms with van der Waals surface area (Å²) in [5.74, 6) is -2.79. The molecule has 4 saturated heterocycles. The molecule has 4 aliphatic rings. The number of ether oxygens (including phenoxy) is 2. The van der Waals surface area contributed by atoms with Crippen LogP contribution in [0.2, 0.25) is 5.02 Å². The van der Waals surface area contributed by atoms with Crippen molar-refractivity contribution in [3.63, 3.8) is 0 Å². The number of piperazine rings is 1. The molecule has 0 radical (unpaired) electrons. The highest BCUT2D eigenvalue weighted by atomic mass is 35.5. The molecule has 0 aliphatic carbocycles. The van der Waals surface area contributed by atoms with Crippen molar-refractivity contribution >= 4 is 39.1 Å². The molecule has 4 fully saturated rings. The van der Waals surface area contributed by atoms with Crippen LogP contribution in [0.25, 0.3) is 32.8 Å². The Bertz CT molecular complexity index is 1800. The van der Waals surface area contributed by atoms with E-state index in [9.17, 15) is 9.50 Å². The van der Waals surface area contributed by atoms with E-state index in [0.29, 0.717) is 43.0 Å². The van der Waals surface area contributed by atoms with E-state index in [-0.39, 0.29) is 56.3 Å². The van der Waals surface area contributed by atoms with Gasteiger partial charge >= 0.3 is 6.01 Å². The molecule has 12 heteroatoms. The number of piperidine rings is 1. The van der Waals surface area contributed by atoms with Crippen molar-refractivity contribution in [2.24, 2.45) is 0 Å². The van der Waals surface area contributed by atoms with E-state index in [0.717, 1.165) is 57.9 Å². The number of nitrogens with one attached hydrogen (secondary N) is 1. The zero-order valence-corrected chi connectivity index (χ0v) is 26.0. The highest BCUT2D eigenvalue weighted by molar-refractivity contribution is 6.35. The molecule has 0 saturated carbocycles. The van der Waals surface area contributed by atoms with Gasteiger partial charge in [0, 0.05) is 65.7 Å². The molecule has 8 nitrogen and oxygen atoms in total. The van der Waals surface area contributed by atoms with Gasteiger partial charge in [-0.3, -0.25) is 4.90 Å². The van der Waals surface area contributed by atoms with Crippen molar-refractivity contribution in [2.45, 2.75) is 62.7 Å². The maximum Gasteiger partial charge on any atom is 0.319 e. The number of hydrogen-bond acceptors (Lipinski definition) is 8. The summed E-state index contributed by atoms with van der Waals surface area (Å²) in [6.45, 7) is 4.10. The first-order valence-electron chi connectivity index (χ1n) is 16.1. The topological polar surface area (TPSA) is 83.0 Å². The van der Waals surface area contributed by atoms with Crippen LogP contribution in [0.5, 0.6) is 11.8 Å². The minimum atomic E-state index is -1.16. The molecule has 0 spiro atoms. The van der Waals surface area contributed by atoms with E-state index in [1.165, 1.54) is 24.6 Å². The van der Waals surface area contributed by atoms with Gasteiger partial charge in [-0.2, -0.15) is 9.97 Å². The van der Waals surface area contributed by atoms with Crippen LogP contribution in [0.4, 0.5) is 19.0 Å². The van der Waals surface area contributed by atoms with Gasteiger partial charge in [0.15, 0.2) is 17.5 Å². The molecular formula is C34H35ClF3N5O3. The lowest BCUT2D eigenvalue weighted by molar-refractivity contribution is -0.0741. The van der Waals surface area contributed by atoms with Crippen molar-refractivity contribution < 1.29 is 27.8 Å². The standard InChI is InChI=1S/C34H35ClF3N5O3/c35-26-13-25-32(31(38)29(26)24-12-23(44)11-18-5-8-27(36)30(37)28(18)24)40-34(41-33(25)42-14-19-6-7-20(15-42)39-19)46-10-2-9-43-21-3-1-4-22(43)17-45-16-21/h5,8,11-13,19-22,39,44H,1-4,6-7,9-10,14-17H2. The van der Waals surface area contributed by atoms with Crippen molar-refractivity contribution in [1.82, 2.24) is 20.2 Å². The number of aromatic nitrogens is 2. The number of rotatable bonds is 7.